The van der Waals surface area contributed by atoms with Crippen molar-refractivity contribution in [2.45, 2.75) is 13.5 Å². The van der Waals surface area contributed by atoms with E-state index in [1.165, 1.54) is 0 Å². The Bertz CT molecular complexity index is 868. The quantitative estimate of drug-likeness (QED) is 0.687. The van der Waals surface area contributed by atoms with E-state index >= 15 is 0 Å². The van der Waals surface area contributed by atoms with Crippen molar-refractivity contribution in [1.82, 2.24) is 20.5 Å². The lowest BCUT2D eigenvalue weighted by Gasteiger charge is -2.08. The third-order valence-electron chi connectivity index (χ3n) is 3.46. The van der Waals surface area contributed by atoms with Crippen molar-refractivity contribution in [3.63, 3.8) is 0 Å². The van der Waals surface area contributed by atoms with Gasteiger partial charge >= 0.3 is 0 Å². The molecule has 0 saturated carbocycles. The summed E-state index contributed by atoms with van der Waals surface area (Å²) in [6.45, 7) is 2.41. The molecule has 126 valence electrons. The molecule has 2 aromatic heterocycles. The van der Waals surface area contributed by atoms with Gasteiger partial charge in [-0.25, -0.2) is 0 Å². The summed E-state index contributed by atoms with van der Waals surface area (Å²) in [4.78, 5) is 16.1. The van der Waals surface area contributed by atoms with Crippen LogP contribution in [0.4, 0.5) is 11.5 Å². The monoisotopic (exact) mass is 397 g/mol. The molecule has 0 bridgehead atoms. The lowest BCUT2D eigenvalue weighted by Crippen LogP contribution is -2.24. The van der Waals surface area contributed by atoms with Gasteiger partial charge in [-0.2, -0.15) is 0 Å². The van der Waals surface area contributed by atoms with Gasteiger partial charge in [-0.1, -0.05) is 12.1 Å². The Labute approximate surface area is 153 Å². The van der Waals surface area contributed by atoms with Crippen LogP contribution in [0.5, 0.6) is 0 Å². The normalized spacial score (nSPS) is 10.3. The van der Waals surface area contributed by atoms with E-state index in [9.17, 15) is 4.79 Å². The fourth-order valence-electron chi connectivity index (χ4n) is 2.16. The number of nitrogens with one attached hydrogen (secondary N) is 2. The lowest BCUT2D eigenvalue weighted by atomic mass is 10.2. The highest BCUT2D eigenvalue weighted by Gasteiger charge is 2.09. The van der Waals surface area contributed by atoms with Gasteiger partial charge in [-0.05, 0) is 64.3 Å². The number of halogens is 1. The Hall–Kier alpha value is -2.80. The molecular weight excluding hydrogens is 382 g/mol. The molecule has 0 aliphatic carbocycles. The third kappa shape index (κ3) is 4.60. The molecule has 25 heavy (non-hydrogen) atoms. The highest BCUT2D eigenvalue weighted by Crippen LogP contribution is 2.25. The summed E-state index contributed by atoms with van der Waals surface area (Å²) >= 11 is 3.51. The molecule has 7 heteroatoms. The molecule has 2 heterocycles. The first-order valence-corrected chi connectivity index (χ1v) is 8.45. The first-order chi connectivity index (χ1) is 12.1. The van der Waals surface area contributed by atoms with Crippen molar-refractivity contribution in [1.29, 1.82) is 0 Å². The van der Waals surface area contributed by atoms with Crippen molar-refractivity contribution in [2.24, 2.45) is 0 Å². The molecule has 0 aliphatic rings. The molecule has 1 amide bonds. The van der Waals surface area contributed by atoms with E-state index in [1.54, 1.807) is 24.5 Å². The first kappa shape index (κ1) is 17.0. The molecule has 2 N–H and O–H groups in total. The first-order valence-electron chi connectivity index (χ1n) is 7.66. The Kier molecular flexibility index (Phi) is 5.35. The second-order valence-electron chi connectivity index (χ2n) is 5.46. The third-order valence-corrected chi connectivity index (χ3v) is 4.12. The van der Waals surface area contributed by atoms with E-state index in [1.807, 2.05) is 37.3 Å². The maximum atomic E-state index is 12.1. The molecule has 0 unspecified atom stereocenters. The minimum atomic E-state index is -0.278. The molecule has 0 fully saturated rings. The van der Waals surface area contributed by atoms with Crippen molar-refractivity contribution >= 4 is 33.3 Å². The number of hydrogen-bond donors (Lipinski definition) is 2. The number of nitrogens with zero attached hydrogens (tertiary/aromatic N) is 3. The van der Waals surface area contributed by atoms with Crippen molar-refractivity contribution in [3.8, 4) is 0 Å². The fraction of sp³-hybridized carbons (Fsp3) is 0.111. The van der Waals surface area contributed by atoms with E-state index in [2.05, 4.69) is 41.7 Å². The highest BCUT2D eigenvalue weighted by atomic mass is 79.9. The van der Waals surface area contributed by atoms with Crippen LogP contribution in [-0.4, -0.2) is 21.1 Å². The number of hydrogen-bond acceptors (Lipinski definition) is 5. The number of anilines is 2. The van der Waals surface area contributed by atoms with Crippen LogP contribution >= 0.6 is 15.9 Å². The molecular formula is C18H16BrN5O. The number of carbonyl (C=O) groups excluding carboxylic acids is 1. The van der Waals surface area contributed by atoms with Gasteiger partial charge < -0.3 is 10.6 Å². The van der Waals surface area contributed by atoms with Crippen LogP contribution in [0.2, 0.25) is 0 Å². The molecule has 6 nitrogen and oxygen atoms in total. The van der Waals surface area contributed by atoms with Gasteiger partial charge in [0.1, 0.15) is 0 Å². The topological polar surface area (TPSA) is 79.8 Å². The Balaban J connectivity index is 1.62. The summed E-state index contributed by atoms with van der Waals surface area (Å²) in [5.74, 6) is 0.285. The number of carbonyl (C=O) groups is 1. The summed E-state index contributed by atoms with van der Waals surface area (Å²) in [6, 6.07) is 13.0. The zero-order chi connectivity index (χ0) is 17.6. The molecule has 0 saturated heterocycles. The van der Waals surface area contributed by atoms with Gasteiger partial charge in [-0.3, -0.25) is 9.78 Å². The van der Waals surface area contributed by atoms with Crippen molar-refractivity contribution in [3.05, 3.63) is 76.2 Å². The van der Waals surface area contributed by atoms with Crippen LogP contribution in [0, 0.1) is 6.92 Å². The van der Waals surface area contributed by atoms with Gasteiger partial charge in [-0.15, -0.1) is 10.2 Å². The second kappa shape index (κ2) is 7.85. The lowest BCUT2D eigenvalue weighted by molar-refractivity contribution is 0.0945. The molecule has 3 rings (SSSR count). The van der Waals surface area contributed by atoms with Crippen LogP contribution in [0.25, 0.3) is 0 Å². The number of pyridine rings is 1. The predicted octanol–water partition coefficient (Wildman–Crippen LogP) is 3.62. The number of aryl methyl sites for hydroxylation is 1. The minimum absolute atomic E-state index is 0.261. The average molecular weight is 398 g/mol. The van der Waals surface area contributed by atoms with E-state index < -0.39 is 0 Å². The number of amides is 1. The summed E-state index contributed by atoms with van der Waals surface area (Å²) in [5.41, 5.74) is 3.22. The van der Waals surface area contributed by atoms with E-state index in [0.717, 1.165) is 21.3 Å². The smallest absolute Gasteiger partial charge is 0.272 e. The highest BCUT2D eigenvalue weighted by molar-refractivity contribution is 9.10. The van der Waals surface area contributed by atoms with E-state index in [-0.39, 0.29) is 11.6 Å². The van der Waals surface area contributed by atoms with Crippen LogP contribution in [0.1, 0.15) is 21.6 Å². The molecule has 3 aromatic rings. The molecule has 1 aromatic carbocycles. The van der Waals surface area contributed by atoms with E-state index in [0.29, 0.717) is 12.4 Å². The van der Waals surface area contributed by atoms with Gasteiger partial charge in [0, 0.05) is 23.4 Å². The van der Waals surface area contributed by atoms with Crippen LogP contribution in [0.15, 0.2) is 59.3 Å². The summed E-state index contributed by atoms with van der Waals surface area (Å²) < 4.78 is 0.938. The summed E-state index contributed by atoms with van der Waals surface area (Å²) in [6.07, 6.45) is 3.40. The Morgan fingerprint density at radius 2 is 2.04 bits per heavy atom. The van der Waals surface area contributed by atoms with Crippen LogP contribution < -0.4 is 10.6 Å². The van der Waals surface area contributed by atoms with Gasteiger partial charge in [0.25, 0.3) is 5.91 Å². The summed E-state index contributed by atoms with van der Waals surface area (Å²) in [5, 5.41) is 14.0. The predicted molar refractivity (Wildman–Crippen MR) is 99.6 cm³/mol. The van der Waals surface area contributed by atoms with E-state index in [4.69, 9.17) is 0 Å². The zero-order valence-corrected chi connectivity index (χ0v) is 15.1. The SMILES string of the molecule is Cc1ccc(Nc2ccc(C(=O)NCc3cccnc3)nn2)c(Br)c1. The maximum absolute atomic E-state index is 12.1. The minimum Gasteiger partial charge on any atom is -0.347 e. The standard InChI is InChI=1S/C18H16BrN5O/c1-12-4-5-15(14(19)9-12)22-17-7-6-16(23-24-17)18(25)21-11-13-3-2-8-20-10-13/h2-10H,11H2,1H3,(H,21,25)(H,22,24). The molecule has 0 aliphatic heterocycles. The van der Waals surface area contributed by atoms with Crippen molar-refractivity contribution in [2.75, 3.05) is 5.32 Å². The summed E-state index contributed by atoms with van der Waals surface area (Å²) in [7, 11) is 0. The number of aromatic nitrogens is 3. The van der Waals surface area contributed by atoms with Gasteiger partial charge in [0.15, 0.2) is 11.5 Å². The second-order valence-corrected chi connectivity index (χ2v) is 6.31. The zero-order valence-electron chi connectivity index (χ0n) is 13.5. The van der Waals surface area contributed by atoms with Crippen LogP contribution in [-0.2, 0) is 6.54 Å². The van der Waals surface area contributed by atoms with Gasteiger partial charge in [0.2, 0.25) is 0 Å². The molecule has 0 spiro atoms. The Morgan fingerprint density at radius 1 is 1.16 bits per heavy atom. The fourth-order valence-corrected chi connectivity index (χ4v) is 2.75. The maximum Gasteiger partial charge on any atom is 0.272 e. The van der Waals surface area contributed by atoms with Gasteiger partial charge in [0.05, 0.1) is 5.69 Å². The average Bonchev–Trinajstić information content (AvgIpc) is 2.63. The molecule has 0 atom stereocenters. The van der Waals surface area contributed by atoms with Crippen molar-refractivity contribution < 1.29 is 4.79 Å². The number of rotatable bonds is 5. The van der Waals surface area contributed by atoms with Crippen LogP contribution in [0.3, 0.4) is 0 Å². The molecule has 0 radical (unpaired) electrons. The largest absolute Gasteiger partial charge is 0.347 e. The number of benzene rings is 1. The Morgan fingerprint density at radius 3 is 2.72 bits per heavy atom.